The second kappa shape index (κ2) is 6.76. The quantitative estimate of drug-likeness (QED) is 0.832. The maximum atomic E-state index is 13.2. The second-order valence-electron chi connectivity index (χ2n) is 5.06. The Labute approximate surface area is 141 Å². The monoisotopic (exact) mass is 354 g/mol. The summed E-state index contributed by atoms with van der Waals surface area (Å²) in [7, 11) is 0. The van der Waals surface area contributed by atoms with Crippen LogP contribution in [0.3, 0.4) is 0 Å². The molecule has 2 amide bonds. The Hall–Kier alpha value is -1.79. The van der Waals surface area contributed by atoms with Gasteiger partial charge in [-0.05, 0) is 29.8 Å². The normalized spacial score (nSPS) is 17.3. The molecule has 0 aromatic heterocycles. The van der Waals surface area contributed by atoms with E-state index in [0.717, 1.165) is 29.5 Å². The standard InChI is InChI=1S/C16H13ClF2N2OS/c17-11-3-1-2-10(6-11)15-21(4-5-23-15)16(22)20-14-8-12(18)7-13(19)9-14/h1-3,6-9,15H,4-5H2,(H,20,22). The fourth-order valence-electron chi connectivity index (χ4n) is 2.44. The van der Waals surface area contributed by atoms with Crippen LogP contribution in [0.15, 0.2) is 42.5 Å². The molecular formula is C16H13ClF2N2OS. The van der Waals surface area contributed by atoms with E-state index in [0.29, 0.717) is 11.6 Å². The highest BCUT2D eigenvalue weighted by atomic mass is 35.5. The number of carbonyl (C=O) groups excluding carboxylic acids is 1. The number of thioether (sulfide) groups is 1. The number of amides is 2. The van der Waals surface area contributed by atoms with Gasteiger partial charge in [-0.1, -0.05) is 23.7 Å². The number of benzene rings is 2. The third-order valence-electron chi connectivity index (χ3n) is 3.40. The van der Waals surface area contributed by atoms with Crippen molar-refractivity contribution in [2.24, 2.45) is 0 Å². The van der Waals surface area contributed by atoms with Crippen LogP contribution in [0.2, 0.25) is 5.02 Å². The van der Waals surface area contributed by atoms with Gasteiger partial charge in [0.05, 0.1) is 0 Å². The molecule has 1 saturated heterocycles. The molecule has 2 aromatic carbocycles. The number of carbonyl (C=O) groups is 1. The molecule has 2 aromatic rings. The molecule has 1 N–H and O–H groups in total. The average molecular weight is 355 g/mol. The molecule has 1 heterocycles. The molecule has 1 fully saturated rings. The number of halogens is 3. The highest BCUT2D eigenvalue weighted by Gasteiger charge is 2.30. The zero-order valence-electron chi connectivity index (χ0n) is 11.9. The van der Waals surface area contributed by atoms with Gasteiger partial charge in [-0.25, -0.2) is 13.6 Å². The van der Waals surface area contributed by atoms with Crippen LogP contribution in [0.4, 0.5) is 19.3 Å². The Morgan fingerprint density at radius 3 is 2.65 bits per heavy atom. The van der Waals surface area contributed by atoms with E-state index in [1.165, 1.54) is 0 Å². The lowest BCUT2D eigenvalue weighted by molar-refractivity contribution is 0.214. The van der Waals surface area contributed by atoms with Gasteiger partial charge < -0.3 is 10.2 Å². The molecule has 0 bridgehead atoms. The van der Waals surface area contributed by atoms with Gasteiger partial charge in [0.2, 0.25) is 0 Å². The summed E-state index contributed by atoms with van der Waals surface area (Å²) in [5.74, 6) is -0.688. The molecular weight excluding hydrogens is 342 g/mol. The van der Waals surface area contributed by atoms with Gasteiger partial charge in [-0.15, -0.1) is 11.8 Å². The molecule has 1 unspecified atom stereocenters. The van der Waals surface area contributed by atoms with Crippen LogP contribution >= 0.6 is 23.4 Å². The van der Waals surface area contributed by atoms with Crippen molar-refractivity contribution in [2.45, 2.75) is 5.37 Å². The largest absolute Gasteiger partial charge is 0.323 e. The highest BCUT2D eigenvalue weighted by Crippen LogP contribution is 2.38. The smallest absolute Gasteiger partial charge is 0.308 e. The van der Waals surface area contributed by atoms with Gasteiger partial charge in [0.25, 0.3) is 0 Å². The van der Waals surface area contributed by atoms with Crippen LogP contribution in [0.5, 0.6) is 0 Å². The maximum Gasteiger partial charge on any atom is 0.323 e. The number of rotatable bonds is 2. The number of urea groups is 1. The van der Waals surface area contributed by atoms with Crippen LogP contribution in [-0.2, 0) is 0 Å². The Kier molecular flexibility index (Phi) is 4.73. The predicted molar refractivity (Wildman–Crippen MR) is 88.7 cm³/mol. The van der Waals surface area contributed by atoms with Crippen LogP contribution in [0.25, 0.3) is 0 Å². The second-order valence-corrected chi connectivity index (χ2v) is 6.68. The Bertz CT molecular complexity index is 724. The van der Waals surface area contributed by atoms with Gasteiger partial charge in [-0.2, -0.15) is 0 Å². The third-order valence-corrected chi connectivity index (χ3v) is 4.90. The maximum absolute atomic E-state index is 13.2. The van der Waals surface area contributed by atoms with Crippen molar-refractivity contribution in [3.05, 3.63) is 64.7 Å². The van der Waals surface area contributed by atoms with E-state index in [4.69, 9.17) is 11.6 Å². The fourth-order valence-corrected chi connectivity index (χ4v) is 3.88. The minimum atomic E-state index is -0.734. The SMILES string of the molecule is O=C(Nc1cc(F)cc(F)c1)N1CCSC1c1cccc(Cl)c1. The van der Waals surface area contributed by atoms with Crippen molar-refractivity contribution < 1.29 is 13.6 Å². The van der Waals surface area contributed by atoms with Crippen LogP contribution in [0, 0.1) is 11.6 Å². The first-order valence-electron chi connectivity index (χ1n) is 6.94. The minimum Gasteiger partial charge on any atom is -0.308 e. The van der Waals surface area contributed by atoms with Crippen molar-refractivity contribution in [2.75, 3.05) is 17.6 Å². The minimum absolute atomic E-state index is 0.0919. The van der Waals surface area contributed by atoms with Gasteiger partial charge in [0.1, 0.15) is 17.0 Å². The molecule has 120 valence electrons. The highest BCUT2D eigenvalue weighted by molar-refractivity contribution is 7.99. The molecule has 0 spiro atoms. The summed E-state index contributed by atoms with van der Waals surface area (Å²) >= 11 is 7.62. The summed E-state index contributed by atoms with van der Waals surface area (Å²) in [4.78, 5) is 14.1. The van der Waals surface area contributed by atoms with E-state index >= 15 is 0 Å². The van der Waals surface area contributed by atoms with Crippen molar-refractivity contribution in [3.8, 4) is 0 Å². The molecule has 7 heteroatoms. The summed E-state index contributed by atoms with van der Waals surface area (Å²) in [6.07, 6.45) is 0. The summed E-state index contributed by atoms with van der Waals surface area (Å²) in [5.41, 5.74) is 1.01. The number of nitrogens with zero attached hydrogens (tertiary/aromatic N) is 1. The van der Waals surface area contributed by atoms with Gasteiger partial charge in [0.15, 0.2) is 0 Å². The molecule has 23 heavy (non-hydrogen) atoms. The number of anilines is 1. The Morgan fingerprint density at radius 1 is 1.22 bits per heavy atom. The molecule has 3 rings (SSSR count). The van der Waals surface area contributed by atoms with Crippen LogP contribution < -0.4 is 5.32 Å². The average Bonchev–Trinajstić information content (AvgIpc) is 2.95. The van der Waals surface area contributed by atoms with Gasteiger partial charge in [0, 0.05) is 29.1 Å². The first kappa shape index (κ1) is 16.1. The van der Waals surface area contributed by atoms with E-state index in [2.05, 4.69) is 5.32 Å². The van der Waals surface area contributed by atoms with E-state index in [1.807, 2.05) is 18.2 Å². The first-order chi connectivity index (χ1) is 11.0. The molecule has 3 nitrogen and oxygen atoms in total. The third kappa shape index (κ3) is 3.76. The zero-order chi connectivity index (χ0) is 16.4. The lowest BCUT2D eigenvalue weighted by atomic mass is 10.2. The number of hydrogen-bond donors (Lipinski definition) is 1. The molecule has 1 aliphatic rings. The van der Waals surface area contributed by atoms with Crippen molar-refractivity contribution in [3.63, 3.8) is 0 Å². The molecule has 0 saturated carbocycles. The van der Waals surface area contributed by atoms with Crippen molar-refractivity contribution in [1.82, 2.24) is 4.90 Å². The summed E-state index contributed by atoms with van der Waals surface area (Å²) in [6, 6.07) is 9.83. The van der Waals surface area contributed by atoms with Crippen molar-refractivity contribution >= 4 is 35.1 Å². The van der Waals surface area contributed by atoms with Gasteiger partial charge >= 0.3 is 6.03 Å². The summed E-state index contributed by atoms with van der Waals surface area (Å²) in [5, 5.41) is 2.97. The molecule has 1 atom stereocenters. The van der Waals surface area contributed by atoms with Gasteiger partial charge in [-0.3, -0.25) is 0 Å². The topological polar surface area (TPSA) is 32.3 Å². The lowest BCUT2D eigenvalue weighted by Crippen LogP contribution is -2.34. The molecule has 0 aliphatic carbocycles. The van der Waals surface area contributed by atoms with E-state index < -0.39 is 17.7 Å². The fraction of sp³-hybridized carbons (Fsp3) is 0.188. The van der Waals surface area contributed by atoms with Crippen LogP contribution in [0.1, 0.15) is 10.9 Å². The first-order valence-corrected chi connectivity index (χ1v) is 8.36. The predicted octanol–water partition coefficient (Wildman–Crippen LogP) is 4.90. The molecule has 1 aliphatic heterocycles. The van der Waals surface area contributed by atoms with E-state index in [9.17, 15) is 13.6 Å². The van der Waals surface area contributed by atoms with E-state index in [-0.39, 0.29) is 11.1 Å². The lowest BCUT2D eigenvalue weighted by Gasteiger charge is -2.24. The van der Waals surface area contributed by atoms with Crippen molar-refractivity contribution in [1.29, 1.82) is 0 Å². The van der Waals surface area contributed by atoms with E-state index in [1.54, 1.807) is 22.7 Å². The van der Waals surface area contributed by atoms with Crippen LogP contribution in [-0.4, -0.2) is 23.2 Å². The zero-order valence-corrected chi connectivity index (χ0v) is 13.5. The Balaban J connectivity index is 1.78. The summed E-state index contributed by atoms with van der Waals surface area (Å²) < 4.78 is 26.4. The number of hydrogen-bond acceptors (Lipinski definition) is 2. The Morgan fingerprint density at radius 2 is 1.96 bits per heavy atom. The summed E-state index contributed by atoms with van der Waals surface area (Å²) in [6.45, 7) is 0.547. The number of nitrogens with one attached hydrogen (secondary N) is 1. The molecule has 0 radical (unpaired) electrons.